The van der Waals surface area contributed by atoms with Crippen molar-refractivity contribution >= 4 is 11.8 Å². The number of hydrogen-bond acceptors (Lipinski definition) is 6. The van der Waals surface area contributed by atoms with E-state index in [1.54, 1.807) is 44.6 Å². The number of aromatic nitrogens is 1. The second kappa shape index (κ2) is 9.55. The molecule has 0 bridgehead atoms. The lowest BCUT2D eigenvalue weighted by Crippen LogP contribution is -2.28. The summed E-state index contributed by atoms with van der Waals surface area (Å²) in [6, 6.07) is 14.2. The minimum atomic E-state index is -0.377. The standard InChI is InChI=1S/C24H25N3O5/c1-30-18-8-9-21(31-2)19(13-18)22-14-20(26-32-22)23(28)25-15-16-6-5-7-17(12-16)24(29)27-10-3-4-11-27/h5-9,12-14H,3-4,10-11,15H2,1-2H3,(H,25,28). The van der Waals surface area contributed by atoms with Crippen LogP contribution in [0.25, 0.3) is 11.3 Å². The largest absolute Gasteiger partial charge is 0.497 e. The van der Waals surface area contributed by atoms with Crippen LogP contribution >= 0.6 is 0 Å². The molecule has 0 aliphatic carbocycles. The van der Waals surface area contributed by atoms with E-state index in [0.717, 1.165) is 31.5 Å². The molecule has 8 heteroatoms. The molecule has 1 N–H and O–H groups in total. The molecule has 2 aromatic carbocycles. The number of nitrogens with one attached hydrogen (secondary N) is 1. The Kier molecular flexibility index (Phi) is 6.39. The Balaban J connectivity index is 1.43. The van der Waals surface area contributed by atoms with E-state index in [9.17, 15) is 9.59 Å². The Hall–Kier alpha value is -3.81. The molecule has 0 saturated carbocycles. The monoisotopic (exact) mass is 435 g/mol. The van der Waals surface area contributed by atoms with E-state index in [0.29, 0.717) is 28.4 Å². The Morgan fingerprint density at radius 2 is 1.88 bits per heavy atom. The van der Waals surface area contributed by atoms with Crippen molar-refractivity contribution in [3.05, 3.63) is 65.4 Å². The molecule has 1 aromatic heterocycles. The topological polar surface area (TPSA) is 93.9 Å². The van der Waals surface area contributed by atoms with E-state index >= 15 is 0 Å². The van der Waals surface area contributed by atoms with Crippen molar-refractivity contribution in [3.63, 3.8) is 0 Å². The van der Waals surface area contributed by atoms with Gasteiger partial charge in [-0.2, -0.15) is 0 Å². The average molecular weight is 435 g/mol. The number of rotatable bonds is 7. The molecule has 1 aliphatic rings. The molecular weight excluding hydrogens is 410 g/mol. The molecule has 0 atom stereocenters. The third-order valence-electron chi connectivity index (χ3n) is 5.44. The Morgan fingerprint density at radius 3 is 2.62 bits per heavy atom. The number of ether oxygens (including phenoxy) is 2. The maximum atomic E-state index is 12.6. The van der Waals surface area contributed by atoms with Crippen LogP contribution in [0.2, 0.25) is 0 Å². The van der Waals surface area contributed by atoms with Gasteiger partial charge in [0.15, 0.2) is 11.5 Å². The normalized spacial score (nSPS) is 13.1. The Labute approximate surface area is 186 Å². The van der Waals surface area contributed by atoms with Crippen molar-refractivity contribution < 1.29 is 23.6 Å². The van der Waals surface area contributed by atoms with E-state index in [4.69, 9.17) is 14.0 Å². The van der Waals surface area contributed by atoms with Gasteiger partial charge < -0.3 is 24.2 Å². The number of methoxy groups -OCH3 is 2. The lowest BCUT2D eigenvalue weighted by Gasteiger charge is -2.15. The van der Waals surface area contributed by atoms with Gasteiger partial charge in [0.05, 0.1) is 19.8 Å². The molecule has 3 aromatic rings. The minimum Gasteiger partial charge on any atom is -0.497 e. The van der Waals surface area contributed by atoms with E-state index in [1.807, 2.05) is 23.1 Å². The summed E-state index contributed by atoms with van der Waals surface area (Å²) in [5, 5.41) is 6.71. The van der Waals surface area contributed by atoms with Gasteiger partial charge in [-0.25, -0.2) is 0 Å². The van der Waals surface area contributed by atoms with Gasteiger partial charge in [-0.3, -0.25) is 9.59 Å². The SMILES string of the molecule is COc1ccc(OC)c(-c2cc(C(=O)NCc3cccc(C(=O)N4CCCC4)c3)no2)c1. The molecule has 2 amide bonds. The fourth-order valence-electron chi connectivity index (χ4n) is 3.71. The summed E-state index contributed by atoms with van der Waals surface area (Å²) in [6.45, 7) is 1.86. The van der Waals surface area contributed by atoms with E-state index < -0.39 is 0 Å². The molecular formula is C24H25N3O5. The predicted molar refractivity (Wildman–Crippen MR) is 118 cm³/mol. The van der Waals surface area contributed by atoms with Crippen molar-refractivity contribution in [3.8, 4) is 22.8 Å². The lowest BCUT2D eigenvalue weighted by molar-refractivity contribution is 0.0792. The van der Waals surface area contributed by atoms with Crippen molar-refractivity contribution in [1.82, 2.24) is 15.4 Å². The highest BCUT2D eigenvalue weighted by Gasteiger charge is 2.20. The zero-order chi connectivity index (χ0) is 22.5. The maximum Gasteiger partial charge on any atom is 0.273 e. The van der Waals surface area contributed by atoms with E-state index in [2.05, 4.69) is 10.5 Å². The van der Waals surface area contributed by atoms with Crippen molar-refractivity contribution in [2.24, 2.45) is 0 Å². The molecule has 32 heavy (non-hydrogen) atoms. The first-order chi connectivity index (χ1) is 15.6. The lowest BCUT2D eigenvalue weighted by atomic mass is 10.1. The van der Waals surface area contributed by atoms with E-state index in [-0.39, 0.29) is 24.1 Å². The van der Waals surface area contributed by atoms with Gasteiger partial charge in [0.25, 0.3) is 11.8 Å². The molecule has 1 fully saturated rings. The van der Waals surface area contributed by atoms with Crippen molar-refractivity contribution in [2.45, 2.75) is 19.4 Å². The van der Waals surface area contributed by atoms with Crippen molar-refractivity contribution in [2.75, 3.05) is 27.3 Å². The number of nitrogens with zero attached hydrogens (tertiary/aromatic N) is 2. The van der Waals surface area contributed by atoms with E-state index in [1.165, 1.54) is 0 Å². The molecule has 0 unspecified atom stereocenters. The maximum absolute atomic E-state index is 12.6. The molecule has 0 radical (unpaired) electrons. The molecule has 1 aliphatic heterocycles. The van der Waals surface area contributed by atoms with Crippen LogP contribution in [0.3, 0.4) is 0 Å². The summed E-state index contributed by atoms with van der Waals surface area (Å²) in [5.41, 5.74) is 2.25. The van der Waals surface area contributed by atoms with Gasteiger partial charge >= 0.3 is 0 Å². The fourth-order valence-corrected chi connectivity index (χ4v) is 3.71. The van der Waals surface area contributed by atoms with Crippen LogP contribution in [0.4, 0.5) is 0 Å². The zero-order valence-electron chi connectivity index (χ0n) is 18.1. The van der Waals surface area contributed by atoms with Crippen LogP contribution < -0.4 is 14.8 Å². The van der Waals surface area contributed by atoms with Crippen molar-refractivity contribution in [1.29, 1.82) is 0 Å². The number of carbonyl (C=O) groups is 2. The summed E-state index contributed by atoms with van der Waals surface area (Å²) in [7, 11) is 3.12. The smallest absolute Gasteiger partial charge is 0.273 e. The van der Waals surface area contributed by atoms with Gasteiger partial charge in [0.1, 0.15) is 11.5 Å². The summed E-state index contributed by atoms with van der Waals surface area (Å²) in [5.74, 6) is 1.26. The average Bonchev–Trinajstić information content (AvgIpc) is 3.54. The minimum absolute atomic E-state index is 0.0315. The van der Waals surface area contributed by atoms with Gasteiger partial charge in [0.2, 0.25) is 0 Å². The molecule has 1 saturated heterocycles. The highest BCUT2D eigenvalue weighted by atomic mass is 16.5. The number of carbonyl (C=O) groups excluding carboxylic acids is 2. The third-order valence-corrected chi connectivity index (χ3v) is 5.44. The molecule has 4 rings (SSSR count). The van der Waals surface area contributed by atoms with Gasteiger partial charge in [-0.15, -0.1) is 0 Å². The molecule has 166 valence electrons. The Bertz CT molecular complexity index is 1120. The Morgan fingerprint density at radius 1 is 1.06 bits per heavy atom. The molecule has 2 heterocycles. The van der Waals surface area contributed by atoms with Gasteiger partial charge in [0, 0.05) is 31.3 Å². The summed E-state index contributed by atoms with van der Waals surface area (Å²) >= 11 is 0. The third kappa shape index (κ3) is 4.59. The van der Waals surface area contributed by atoms with Crippen LogP contribution in [0, 0.1) is 0 Å². The summed E-state index contributed by atoms with van der Waals surface area (Å²) < 4.78 is 16.0. The highest BCUT2D eigenvalue weighted by Crippen LogP contribution is 2.33. The van der Waals surface area contributed by atoms with Crippen LogP contribution in [0.1, 0.15) is 39.3 Å². The molecule has 0 spiro atoms. The quantitative estimate of drug-likeness (QED) is 0.610. The number of hydrogen-bond donors (Lipinski definition) is 1. The number of amides is 2. The number of likely N-dealkylation sites (tertiary alicyclic amines) is 1. The predicted octanol–water partition coefficient (Wildman–Crippen LogP) is 3.52. The van der Waals surface area contributed by atoms with Crippen LogP contribution in [-0.4, -0.2) is 49.2 Å². The first kappa shape index (κ1) is 21.4. The summed E-state index contributed by atoms with van der Waals surface area (Å²) in [4.78, 5) is 27.1. The molecule has 8 nitrogen and oxygen atoms in total. The van der Waals surface area contributed by atoms with Crippen LogP contribution in [0.15, 0.2) is 53.1 Å². The van der Waals surface area contributed by atoms with Gasteiger partial charge in [-0.05, 0) is 48.7 Å². The fraction of sp³-hybridized carbons (Fsp3) is 0.292. The van der Waals surface area contributed by atoms with Crippen LogP contribution in [0.5, 0.6) is 11.5 Å². The van der Waals surface area contributed by atoms with Crippen LogP contribution in [-0.2, 0) is 6.54 Å². The first-order valence-corrected chi connectivity index (χ1v) is 10.4. The highest BCUT2D eigenvalue weighted by molar-refractivity contribution is 5.95. The summed E-state index contributed by atoms with van der Waals surface area (Å²) in [6.07, 6.45) is 2.09. The van der Waals surface area contributed by atoms with Gasteiger partial charge in [-0.1, -0.05) is 17.3 Å². The zero-order valence-corrected chi connectivity index (χ0v) is 18.1. The second-order valence-electron chi connectivity index (χ2n) is 7.52. The number of benzene rings is 2. The first-order valence-electron chi connectivity index (χ1n) is 10.4. The second-order valence-corrected chi connectivity index (χ2v) is 7.52.